The first-order valence-electron chi connectivity index (χ1n) is 11.6. The number of carbonyl (C=O) groups excluding carboxylic acids is 2. The van der Waals surface area contributed by atoms with Gasteiger partial charge in [0.1, 0.15) is 18.9 Å². The highest BCUT2D eigenvalue weighted by molar-refractivity contribution is 9.10. The lowest BCUT2D eigenvalue weighted by atomic mass is 10.00. The zero-order chi connectivity index (χ0) is 24.9. The van der Waals surface area contributed by atoms with E-state index < -0.39 is 0 Å². The average Bonchev–Trinajstić information content (AvgIpc) is 3.31. The van der Waals surface area contributed by atoms with Crippen LogP contribution in [0, 0.1) is 5.92 Å². The van der Waals surface area contributed by atoms with Crippen molar-refractivity contribution in [1.29, 1.82) is 0 Å². The van der Waals surface area contributed by atoms with E-state index in [4.69, 9.17) is 16.3 Å². The van der Waals surface area contributed by atoms with Crippen molar-refractivity contribution in [3.63, 3.8) is 0 Å². The quantitative estimate of drug-likeness (QED) is 0.309. The fraction of sp³-hybridized carbons (Fsp3) is 0.333. The molecule has 2 aromatic carbocycles. The highest BCUT2D eigenvalue weighted by Gasteiger charge is 2.33. The largest absolute Gasteiger partial charge is 0.491 e. The highest BCUT2D eigenvalue weighted by Crippen LogP contribution is 2.34. The third-order valence-electron chi connectivity index (χ3n) is 5.91. The Morgan fingerprint density at radius 1 is 1.20 bits per heavy atom. The van der Waals surface area contributed by atoms with E-state index >= 15 is 0 Å². The summed E-state index contributed by atoms with van der Waals surface area (Å²) in [5.41, 5.74) is 1.69. The maximum absolute atomic E-state index is 13.6. The van der Waals surface area contributed by atoms with Crippen LogP contribution in [0.15, 0.2) is 64.5 Å². The number of fused-ring (bicyclic) bond motifs is 1. The molecule has 0 radical (unpaired) electrons. The summed E-state index contributed by atoms with van der Waals surface area (Å²) in [5, 5.41) is 2.71. The normalized spacial score (nSPS) is 15.1. The molecule has 1 atom stereocenters. The Morgan fingerprint density at radius 2 is 1.97 bits per heavy atom. The first-order chi connectivity index (χ1) is 16.8. The fourth-order valence-corrected chi connectivity index (χ4v) is 5.75. The van der Waals surface area contributed by atoms with Crippen LogP contribution >= 0.6 is 38.9 Å². The van der Waals surface area contributed by atoms with Crippen LogP contribution in [0.2, 0.25) is 5.02 Å². The third kappa shape index (κ3) is 6.46. The van der Waals surface area contributed by atoms with E-state index in [1.165, 1.54) is 4.88 Å². The molecule has 0 N–H and O–H groups in total. The van der Waals surface area contributed by atoms with E-state index in [0.29, 0.717) is 36.0 Å². The van der Waals surface area contributed by atoms with Gasteiger partial charge in [0.15, 0.2) is 0 Å². The second-order valence-electron chi connectivity index (χ2n) is 9.01. The summed E-state index contributed by atoms with van der Waals surface area (Å²) < 4.78 is 6.91. The van der Waals surface area contributed by atoms with Gasteiger partial charge in [-0.05, 0) is 71.8 Å². The van der Waals surface area contributed by atoms with Gasteiger partial charge in [-0.3, -0.25) is 9.59 Å². The first-order valence-corrected chi connectivity index (χ1v) is 13.7. The van der Waals surface area contributed by atoms with Gasteiger partial charge in [-0.2, -0.15) is 0 Å². The van der Waals surface area contributed by atoms with Gasteiger partial charge in [0.05, 0.1) is 6.04 Å². The van der Waals surface area contributed by atoms with Crippen molar-refractivity contribution in [2.24, 2.45) is 5.92 Å². The molecule has 0 spiro atoms. The molecule has 184 valence electrons. The van der Waals surface area contributed by atoms with E-state index in [0.717, 1.165) is 16.5 Å². The Balaban J connectivity index is 1.53. The molecule has 4 rings (SSSR count). The molecule has 1 aliphatic rings. The highest BCUT2D eigenvalue weighted by atomic mass is 79.9. The zero-order valence-electron chi connectivity index (χ0n) is 19.7. The maximum Gasteiger partial charge on any atom is 0.254 e. The van der Waals surface area contributed by atoms with Crippen LogP contribution in [0.5, 0.6) is 5.75 Å². The summed E-state index contributed by atoms with van der Waals surface area (Å²) in [5.74, 6) is 0.717. The van der Waals surface area contributed by atoms with Crippen LogP contribution in [-0.4, -0.2) is 47.9 Å². The molecule has 2 heterocycles. The molecule has 5 nitrogen and oxygen atoms in total. The lowest BCUT2D eigenvalue weighted by Crippen LogP contribution is -2.48. The van der Waals surface area contributed by atoms with E-state index in [9.17, 15) is 9.59 Å². The van der Waals surface area contributed by atoms with Gasteiger partial charge in [-0.25, -0.2) is 0 Å². The Bertz CT molecular complexity index is 1180. The predicted octanol–water partition coefficient (Wildman–Crippen LogP) is 6.47. The second-order valence-corrected chi connectivity index (χ2v) is 11.4. The molecule has 8 heteroatoms. The third-order valence-corrected chi connectivity index (χ3v) is 7.65. The summed E-state index contributed by atoms with van der Waals surface area (Å²) in [6, 6.07) is 16.4. The zero-order valence-corrected chi connectivity index (χ0v) is 22.9. The number of hydrogen-bond acceptors (Lipinski definition) is 4. The monoisotopic (exact) mass is 574 g/mol. The number of thiophene rings is 1. The van der Waals surface area contributed by atoms with Crippen molar-refractivity contribution >= 4 is 50.7 Å². The Morgan fingerprint density at radius 3 is 2.69 bits per heavy atom. The number of carbonyl (C=O) groups is 2. The molecule has 1 aliphatic heterocycles. The van der Waals surface area contributed by atoms with Gasteiger partial charge in [-0.1, -0.05) is 47.4 Å². The Labute approximate surface area is 223 Å². The summed E-state index contributed by atoms with van der Waals surface area (Å²) in [6.45, 7) is 5.56. The molecule has 3 aromatic rings. The van der Waals surface area contributed by atoms with Gasteiger partial charge in [0.25, 0.3) is 5.91 Å². The SMILES string of the molecule is CC(C)CN(CC(=O)N1CCc2sccc2C1COc1ccc(Cl)cc1)C(=O)c1cccc(Br)c1. The minimum atomic E-state index is -0.213. The Kier molecular flexibility index (Phi) is 8.52. The molecule has 35 heavy (non-hydrogen) atoms. The summed E-state index contributed by atoms with van der Waals surface area (Å²) >= 11 is 11.1. The van der Waals surface area contributed by atoms with Crippen LogP contribution in [0.3, 0.4) is 0 Å². The first kappa shape index (κ1) is 25.7. The Hall–Kier alpha value is -2.35. The van der Waals surface area contributed by atoms with Crippen molar-refractivity contribution in [3.05, 3.63) is 85.5 Å². The molecule has 0 aliphatic carbocycles. The number of hydrogen-bond donors (Lipinski definition) is 0. The number of benzene rings is 2. The second kappa shape index (κ2) is 11.6. The van der Waals surface area contributed by atoms with Crippen LogP contribution < -0.4 is 4.74 Å². The van der Waals surface area contributed by atoms with Gasteiger partial charge in [-0.15, -0.1) is 11.3 Å². The van der Waals surface area contributed by atoms with Crippen molar-refractivity contribution in [2.45, 2.75) is 26.3 Å². The molecular formula is C27H28BrClN2O3S. The number of ether oxygens (including phenoxy) is 1. The maximum atomic E-state index is 13.6. The predicted molar refractivity (Wildman–Crippen MR) is 144 cm³/mol. The van der Waals surface area contributed by atoms with Crippen LogP contribution in [0.1, 0.15) is 40.7 Å². The van der Waals surface area contributed by atoms with Gasteiger partial charge >= 0.3 is 0 Å². The molecule has 0 fully saturated rings. The van der Waals surface area contributed by atoms with E-state index in [2.05, 4.69) is 27.4 Å². The minimum Gasteiger partial charge on any atom is -0.491 e. The van der Waals surface area contributed by atoms with Gasteiger partial charge < -0.3 is 14.5 Å². The van der Waals surface area contributed by atoms with Crippen LogP contribution in [0.4, 0.5) is 0 Å². The smallest absolute Gasteiger partial charge is 0.254 e. The topological polar surface area (TPSA) is 49.9 Å². The number of halogens is 2. The molecule has 0 saturated heterocycles. The summed E-state index contributed by atoms with van der Waals surface area (Å²) in [6.07, 6.45) is 0.805. The van der Waals surface area contributed by atoms with E-state index in [-0.39, 0.29) is 30.3 Å². The minimum absolute atomic E-state index is 0.0282. The summed E-state index contributed by atoms with van der Waals surface area (Å²) in [4.78, 5) is 31.8. The van der Waals surface area contributed by atoms with Crippen LogP contribution in [0.25, 0.3) is 0 Å². The standard InChI is InChI=1S/C27H28BrClN2O3S/c1-18(2)15-30(27(33)19-4-3-5-20(28)14-19)16-26(32)31-12-10-25-23(11-13-35-25)24(31)17-34-22-8-6-21(29)7-9-22/h3-9,11,13-14,18,24H,10,12,15-17H2,1-2H3. The van der Waals surface area contributed by atoms with Crippen molar-refractivity contribution in [3.8, 4) is 5.75 Å². The fourth-order valence-electron chi connectivity index (χ4n) is 4.30. The molecule has 1 unspecified atom stereocenters. The summed E-state index contributed by atoms with van der Waals surface area (Å²) in [7, 11) is 0. The lowest BCUT2D eigenvalue weighted by Gasteiger charge is -2.37. The molecular weight excluding hydrogens is 548 g/mol. The van der Waals surface area contributed by atoms with Crippen molar-refractivity contribution < 1.29 is 14.3 Å². The molecule has 0 saturated carbocycles. The number of nitrogens with zero attached hydrogens (tertiary/aromatic N) is 2. The van der Waals surface area contributed by atoms with Gasteiger partial charge in [0, 0.05) is 33.0 Å². The molecule has 2 amide bonds. The van der Waals surface area contributed by atoms with Crippen LogP contribution in [-0.2, 0) is 11.2 Å². The lowest BCUT2D eigenvalue weighted by molar-refractivity contribution is -0.135. The number of amides is 2. The average molecular weight is 576 g/mol. The number of rotatable bonds is 8. The van der Waals surface area contributed by atoms with E-state index in [1.54, 1.807) is 40.5 Å². The van der Waals surface area contributed by atoms with Crippen molar-refractivity contribution in [2.75, 3.05) is 26.2 Å². The van der Waals surface area contributed by atoms with Gasteiger partial charge in [0.2, 0.25) is 5.91 Å². The molecule has 0 bridgehead atoms. The molecule has 1 aromatic heterocycles. The van der Waals surface area contributed by atoms with E-state index in [1.807, 2.05) is 43.0 Å². The van der Waals surface area contributed by atoms with Crippen molar-refractivity contribution in [1.82, 2.24) is 9.80 Å².